The molecule has 0 radical (unpaired) electrons. The number of fused-ring (bicyclic) bond motifs is 2. The Kier molecular flexibility index (Phi) is 6.52. The summed E-state index contributed by atoms with van der Waals surface area (Å²) in [5, 5.41) is 8.87. The fourth-order valence-electron chi connectivity index (χ4n) is 4.33. The molecule has 4 aromatic heterocycles. The van der Waals surface area contributed by atoms with E-state index >= 15 is 0 Å². The molecule has 0 aliphatic carbocycles. The largest absolute Gasteiger partial charge is 0.378 e. The molecule has 37 heavy (non-hydrogen) atoms. The first-order valence-electron chi connectivity index (χ1n) is 11.7. The summed E-state index contributed by atoms with van der Waals surface area (Å²) in [4.78, 5) is 39.0. The van der Waals surface area contributed by atoms with Gasteiger partial charge < -0.3 is 24.7 Å². The van der Waals surface area contributed by atoms with Crippen LogP contribution >= 0.6 is 22.7 Å². The Morgan fingerprint density at radius 1 is 1.16 bits per heavy atom. The van der Waals surface area contributed by atoms with Gasteiger partial charge in [-0.3, -0.25) is 4.79 Å². The summed E-state index contributed by atoms with van der Waals surface area (Å²) in [5.74, 6) is 2.08. The van der Waals surface area contributed by atoms with Gasteiger partial charge in [0.15, 0.2) is 11.6 Å². The van der Waals surface area contributed by atoms with Crippen molar-refractivity contribution in [3.8, 4) is 11.4 Å². The fraction of sp³-hybridized carbons (Fsp3) is 0.292. The van der Waals surface area contributed by atoms with Crippen LogP contribution < -0.4 is 20.2 Å². The lowest BCUT2D eigenvalue weighted by Gasteiger charge is -2.28. The van der Waals surface area contributed by atoms with Crippen LogP contribution in [0.1, 0.15) is 10.4 Å². The molecule has 0 saturated carbocycles. The number of morpholine rings is 1. The van der Waals surface area contributed by atoms with E-state index in [1.807, 2.05) is 30.1 Å². The molecule has 11 nitrogen and oxygen atoms in total. The minimum Gasteiger partial charge on any atom is -0.378 e. The summed E-state index contributed by atoms with van der Waals surface area (Å²) < 4.78 is 7.46. The molecule has 13 heteroatoms. The minimum absolute atomic E-state index is 0.0966. The zero-order valence-electron chi connectivity index (χ0n) is 20.0. The van der Waals surface area contributed by atoms with E-state index in [0.29, 0.717) is 38.1 Å². The molecule has 1 fully saturated rings. The summed E-state index contributed by atoms with van der Waals surface area (Å²) in [5.41, 5.74) is 5.40. The molecule has 1 aromatic carbocycles. The van der Waals surface area contributed by atoms with E-state index in [4.69, 9.17) is 19.9 Å². The van der Waals surface area contributed by atoms with Crippen LogP contribution in [0.2, 0.25) is 0 Å². The van der Waals surface area contributed by atoms with Gasteiger partial charge in [0, 0.05) is 55.1 Å². The first-order valence-corrected chi connectivity index (χ1v) is 13.4. The summed E-state index contributed by atoms with van der Waals surface area (Å²) in [6.45, 7) is 3.70. The average molecular weight is 537 g/mol. The maximum atomic E-state index is 12.0. The second kappa shape index (κ2) is 10.1. The van der Waals surface area contributed by atoms with E-state index in [-0.39, 0.29) is 4.87 Å². The Bertz CT molecular complexity index is 1610. The van der Waals surface area contributed by atoms with Crippen LogP contribution in [0.5, 0.6) is 0 Å². The molecule has 1 aliphatic rings. The fourth-order valence-corrected chi connectivity index (χ4v) is 6.34. The van der Waals surface area contributed by atoms with Gasteiger partial charge in [-0.15, -0.1) is 11.3 Å². The van der Waals surface area contributed by atoms with Crippen LogP contribution in [-0.4, -0.2) is 63.5 Å². The maximum absolute atomic E-state index is 12.0. The van der Waals surface area contributed by atoms with Gasteiger partial charge in [-0.1, -0.05) is 17.4 Å². The Morgan fingerprint density at radius 2 is 1.97 bits per heavy atom. The van der Waals surface area contributed by atoms with Crippen LogP contribution in [-0.2, 0) is 17.8 Å². The van der Waals surface area contributed by atoms with Gasteiger partial charge in [-0.25, -0.2) is 25.4 Å². The van der Waals surface area contributed by atoms with Crippen molar-refractivity contribution in [3.05, 3.63) is 56.8 Å². The predicted octanol–water partition coefficient (Wildman–Crippen LogP) is 3.00. The van der Waals surface area contributed by atoms with E-state index < -0.39 is 0 Å². The lowest BCUT2D eigenvalue weighted by molar-refractivity contribution is 0.122. The number of rotatable bonds is 7. The summed E-state index contributed by atoms with van der Waals surface area (Å²) in [6.07, 6.45) is 3.38. The summed E-state index contributed by atoms with van der Waals surface area (Å²) in [6, 6.07) is 7.87. The van der Waals surface area contributed by atoms with Crippen molar-refractivity contribution in [1.82, 2.24) is 30.4 Å². The van der Waals surface area contributed by atoms with Gasteiger partial charge in [0.1, 0.15) is 0 Å². The number of hydrogen-bond acceptors (Lipinski definition) is 12. The second-order valence-corrected chi connectivity index (χ2v) is 10.8. The van der Waals surface area contributed by atoms with Crippen LogP contribution in [0.3, 0.4) is 0 Å². The normalized spacial score (nSPS) is 14.1. The van der Waals surface area contributed by atoms with Crippen molar-refractivity contribution in [3.63, 3.8) is 0 Å². The third-order valence-corrected chi connectivity index (χ3v) is 8.15. The molecule has 0 atom stereocenters. The number of ether oxygens (including phenoxy) is 1. The van der Waals surface area contributed by atoms with Gasteiger partial charge >= 0.3 is 4.87 Å². The third-order valence-electron chi connectivity index (χ3n) is 6.11. The lowest BCUT2D eigenvalue weighted by Crippen LogP contribution is -2.36. The van der Waals surface area contributed by atoms with E-state index in [9.17, 15) is 4.79 Å². The predicted molar refractivity (Wildman–Crippen MR) is 145 cm³/mol. The van der Waals surface area contributed by atoms with Gasteiger partial charge in [0.2, 0.25) is 5.95 Å². The highest BCUT2D eigenvalue weighted by Crippen LogP contribution is 2.36. The SMILES string of the molecule is CN(Cc1cc2nc(-c3cccc4[nH]c(=O)sc34)nc(N3CCOCC3)c2s1)c1ncc(CNO)cn1. The first-order chi connectivity index (χ1) is 18.1. The highest BCUT2D eigenvalue weighted by molar-refractivity contribution is 7.19. The highest BCUT2D eigenvalue weighted by atomic mass is 32.1. The topological polar surface area (TPSA) is 132 Å². The average Bonchev–Trinajstić information content (AvgIpc) is 3.50. The minimum atomic E-state index is -0.0966. The van der Waals surface area contributed by atoms with Crippen molar-refractivity contribution < 1.29 is 9.94 Å². The van der Waals surface area contributed by atoms with Crippen LogP contribution in [0, 0.1) is 0 Å². The molecule has 5 heterocycles. The molecule has 1 saturated heterocycles. The zero-order chi connectivity index (χ0) is 25.4. The monoisotopic (exact) mass is 536 g/mol. The molecule has 0 amide bonds. The molecule has 0 bridgehead atoms. The number of nitrogens with zero attached hydrogens (tertiary/aromatic N) is 6. The summed E-state index contributed by atoms with van der Waals surface area (Å²) >= 11 is 2.84. The number of anilines is 2. The van der Waals surface area contributed by atoms with E-state index in [0.717, 1.165) is 55.3 Å². The Morgan fingerprint density at radius 3 is 2.76 bits per heavy atom. The van der Waals surface area contributed by atoms with Crippen LogP contribution in [0.25, 0.3) is 31.8 Å². The van der Waals surface area contributed by atoms with E-state index in [1.54, 1.807) is 23.7 Å². The number of nitrogens with one attached hydrogen (secondary N) is 2. The molecule has 0 spiro atoms. The van der Waals surface area contributed by atoms with Gasteiger partial charge in [0.25, 0.3) is 0 Å². The highest BCUT2D eigenvalue weighted by Gasteiger charge is 2.22. The van der Waals surface area contributed by atoms with Crippen molar-refractivity contribution in [2.45, 2.75) is 13.1 Å². The number of thiophene rings is 1. The molecular formula is C24H24N8O3S2. The first kappa shape index (κ1) is 23.9. The van der Waals surface area contributed by atoms with Crippen molar-refractivity contribution >= 4 is 54.9 Å². The third kappa shape index (κ3) is 4.79. The molecular weight excluding hydrogens is 512 g/mol. The molecule has 1 aliphatic heterocycles. The number of aromatic nitrogens is 5. The lowest BCUT2D eigenvalue weighted by atomic mass is 10.2. The van der Waals surface area contributed by atoms with Crippen LogP contribution in [0.4, 0.5) is 11.8 Å². The van der Waals surface area contributed by atoms with Crippen molar-refractivity contribution in [2.24, 2.45) is 0 Å². The number of hydrogen-bond donors (Lipinski definition) is 3. The van der Waals surface area contributed by atoms with E-state index in [2.05, 4.69) is 31.4 Å². The quantitative estimate of drug-likeness (QED) is 0.267. The molecule has 3 N–H and O–H groups in total. The van der Waals surface area contributed by atoms with Crippen molar-refractivity contribution in [2.75, 3.05) is 43.2 Å². The van der Waals surface area contributed by atoms with Gasteiger partial charge in [-0.05, 0) is 18.2 Å². The standard InChI is InChI=1S/C24H24N8O3S2/c1-31(23-25-10-14(11-26-23)12-27-34)13-15-9-18-20(36-15)22(32-5-7-35-8-6-32)30-21(28-18)16-3-2-4-17-19(16)37-24(33)29-17/h2-4,9-11,27,34H,5-8,12-13H2,1H3,(H,29,33). The van der Waals surface area contributed by atoms with Gasteiger partial charge in [-0.2, -0.15) is 0 Å². The van der Waals surface area contributed by atoms with E-state index in [1.165, 1.54) is 11.3 Å². The smallest absolute Gasteiger partial charge is 0.305 e. The maximum Gasteiger partial charge on any atom is 0.305 e. The number of aromatic amines is 1. The molecule has 6 rings (SSSR count). The second-order valence-electron chi connectivity index (χ2n) is 8.68. The Hall–Kier alpha value is -3.49. The van der Waals surface area contributed by atoms with Crippen LogP contribution in [0.15, 0.2) is 41.5 Å². The van der Waals surface area contributed by atoms with Crippen molar-refractivity contribution in [1.29, 1.82) is 0 Å². The molecule has 0 unspecified atom stereocenters. The molecule has 5 aromatic rings. The number of H-pyrrole nitrogens is 1. The number of thiazole rings is 1. The molecule has 190 valence electrons. The number of hydroxylamine groups is 1. The Labute approximate surface area is 219 Å². The summed E-state index contributed by atoms with van der Waals surface area (Å²) in [7, 11) is 1.94. The Balaban J connectivity index is 1.39. The number of benzene rings is 1. The van der Waals surface area contributed by atoms with Gasteiger partial charge in [0.05, 0.1) is 40.2 Å². The zero-order valence-corrected chi connectivity index (χ0v) is 21.6.